The Morgan fingerprint density at radius 3 is 2.36 bits per heavy atom. The largest absolute Gasteiger partial charge is 0.497 e. The minimum atomic E-state index is -4.13. The van der Waals surface area contributed by atoms with Crippen LogP contribution in [0.3, 0.4) is 0 Å². The molecule has 1 saturated heterocycles. The number of nitrogens with zero attached hydrogens (tertiary/aromatic N) is 2. The van der Waals surface area contributed by atoms with Gasteiger partial charge in [0, 0.05) is 6.54 Å². The van der Waals surface area contributed by atoms with E-state index in [4.69, 9.17) is 4.74 Å². The second-order valence-corrected chi connectivity index (χ2v) is 8.24. The third kappa shape index (κ3) is 4.00. The van der Waals surface area contributed by atoms with Crippen LogP contribution in [0.25, 0.3) is 0 Å². The molecule has 0 bridgehead atoms. The first-order valence-corrected chi connectivity index (χ1v) is 9.97. The summed E-state index contributed by atoms with van der Waals surface area (Å²) in [6.07, 6.45) is -0.419. The number of sulfonamides is 1. The summed E-state index contributed by atoms with van der Waals surface area (Å²) in [4.78, 5) is 25.4. The molecule has 8 nitrogen and oxygen atoms in total. The Bertz CT molecular complexity index is 960. The first-order valence-electron chi connectivity index (χ1n) is 8.53. The van der Waals surface area contributed by atoms with Crippen molar-refractivity contribution in [1.29, 1.82) is 0 Å². The third-order valence-corrected chi connectivity index (χ3v) is 6.40. The molecule has 1 heterocycles. The first-order chi connectivity index (χ1) is 13.3. The van der Waals surface area contributed by atoms with Crippen LogP contribution >= 0.6 is 0 Å². The SMILES string of the molecule is COc1ccc(S(=O)(=O)N2CN(Cc3ccccc3)C(=O)C[C@@H]2C(=O)O)cc1. The van der Waals surface area contributed by atoms with Crippen LogP contribution < -0.4 is 4.74 Å². The normalized spacial score (nSPS) is 18.1. The smallest absolute Gasteiger partial charge is 0.322 e. The van der Waals surface area contributed by atoms with E-state index in [0.717, 1.165) is 9.87 Å². The van der Waals surface area contributed by atoms with Crippen molar-refractivity contribution in [3.05, 3.63) is 60.2 Å². The highest BCUT2D eigenvalue weighted by molar-refractivity contribution is 7.89. The fourth-order valence-corrected chi connectivity index (χ4v) is 4.56. The van der Waals surface area contributed by atoms with Crippen molar-refractivity contribution in [2.75, 3.05) is 13.8 Å². The summed E-state index contributed by atoms with van der Waals surface area (Å²) in [7, 11) is -2.67. The average molecular weight is 404 g/mol. The molecule has 1 atom stereocenters. The van der Waals surface area contributed by atoms with Gasteiger partial charge in [-0.2, -0.15) is 4.31 Å². The molecule has 0 saturated carbocycles. The van der Waals surface area contributed by atoms with Crippen molar-refractivity contribution < 1.29 is 27.9 Å². The molecule has 9 heteroatoms. The van der Waals surface area contributed by atoms with Gasteiger partial charge in [-0.15, -0.1) is 0 Å². The minimum Gasteiger partial charge on any atom is -0.497 e. The molecule has 0 aromatic heterocycles. The molecule has 3 rings (SSSR count). The van der Waals surface area contributed by atoms with E-state index < -0.39 is 34.4 Å². The van der Waals surface area contributed by atoms with E-state index in [0.29, 0.717) is 5.75 Å². The van der Waals surface area contributed by atoms with Crippen molar-refractivity contribution in [1.82, 2.24) is 9.21 Å². The van der Waals surface area contributed by atoms with Crippen molar-refractivity contribution >= 4 is 21.9 Å². The van der Waals surface area contributed by atoms with Gasteiger partial charge < -0.3 is 14.7 Å². The Morgan fingerprint density at radius 1 is 1.14 bits per heavy atom. The molecule has 1 aliphatic rings. The van der Waals surface area contributed by atoms with Crippen LogP contribution in [-0.2, 0) is 26.2 Å². The van der Waals surface area contributed by atoms with Crippen molar-refractivity contribution in [3.63, 3.8) is 0 Å². The molecule has 2 aromatic carbocycles. The molecule has 0 spiro atoms. The highest BCUT2D eigenvalue weighted by Gasteiger charge is 2.43. The van der Waals surface area contributed by atoms with Gasteiger partial charge in [0.1, 0.15) is 11.8 Å². The molecule has 148 valence electrons. The fourth-order valence-electron chi connectivity index (χ4n) is 3.02. The number of benzene rings is 2. The van der Waals surface area contributed by atoms with Crippen LogP contribution in [-0.4, -0.2) is 54.4 Å². The number of amides is 1. The zero-order valence-electron chi connectivity index (χ0n) is 15.2. The van der Waals surface area contributed by atoms with E-state index in [-0.39, 0.29) is 18.1 Å². The Balaban J connectivity index is 1.92. The maximum atomic E-state index is 13.1. The van der Waals surface area contributed by atoms with Crippen LogP contribution in [0, 0.1) is 0 Å². The van der Waals surface area contributed by atoms with Crippen LogP contribution in [0.1, 0.15) is 12.0 Å². The molecular formula is C19H20N2O6S. The lowest BCUT2D eigenvalue weighted by atomic mass is 10.1. The maximum absolute atomic E-state index is 13.1. The van der Waals surface area contributed by atoms with E-state index in [1.54, 1.807) is 0 Å². The van der Waals surface area contributed by atoms with E-state index >= 15 is 0 Å². The predicted molar refractivity (Wildman–Crippen MR) is 99.9 cm³/mol. The minimum absolute atomic E-state index is 0.0615. The Labute approximate surface area is 163 Å². The molecule has 1 aliphatic heterocycles. The Hall–Kier alpha value is -2.91. The number of carboxylic acid groups (broad SMARTS) is 1. The number of methoxy groups -OCH3 is 1. The predicted octanol–water partition coefficient (Wildman–Crippen LogP) is 1.53. The van der Waals surface area contributed by atoms with Gasteiger partial charge in [-0.25, -0.2) is 8.42 Å². The number of rotatable bonds is 6. The summed E-state index contributed by atoms with van der Waals surface area (Å²) in [6.45, 7) is -0.139. The number of aliphatic carboxylic acids is 1. The second kappa shape index (κ2) is 7.99. The Morgan fingerprint density at radius 2 is 1.79 bits per heavy atom. The summed E-state index contributed by atoms with van der Waals surface area (Å²) >= 11 is 0. The summed E-state index contributed by atoms with van der Waals surface area (Å²) in [5.41, 5.74) is 0.825. The topological polar surface area (TPSA) is 104 Å². The van der Waals surface area contributed by atoms with Gasteiger partial charge in [0.2, 0.25) is 15.9 Å². The zero-order chi connectivity index (χ0) is 20.3. The molecule has 2 aromatic rings. The second-order valence-electron chi connectivity index (χ2n) is 6.34. The average Bonchev–Trinajstić information content (AvgIpc) is 2.69. The van der Waals surface area contributed by atoms with Gasteiger partial charge in [-0.1, -0.05) is 30.3 Å². The number of hydrogen-bond acceptors (Lipinski definition) is 5. The van der Waals surface area contributed by atoms with Gasteiger partial charge in [0.25, 0.3) is 0 Å². The molecule has 0 aliphatic carbocycles. The lowest BCUT2D eigenvalue weighted by molar-refractivity contribution is -0.151. The monoisotopic (exact) mass is 404 g/mol. The summed E-state index contributed by atoms with van der Waals surface area (Å²) < 4.78 is 32.1. The Kier molecular flexibility index (Phi) is 5.66. The summed E-state index contributed by atoms with van der Waals surface area (Å²) in [6, 6.07) is 13.3. The molecule has 0 radical (unpaired) electrons. The quantitative estimate of drug-likeness (QED) is 0.783. The standard InChI is InChI=1S/C19H20N2O6S/c1-27-15-7-9-16(10-8-15)28(25,26)21-13-20(12-14-5-3-2-4-6-14)18(22)11-17(21)19(23)24/h2-10,17H,11-13H2,1H3,(H,23,24)/t17-/m1/s1. The van der Waals surface area contributed by atoms with Gasteiger partial charge in [0.15, 0.2) is 0 Å². The lowest BCUT2D eigenvalue weighted by Crippen LogP contribution is -2.57. The summed E-state index contributed by atoms with van der Waals surface area (Å²) in [5.74, 6) is -1.28. The number of carbonyl (C=O) groups is 2. The third-order valence-electron chi connectivity index (χ3n) is 4.55. The van der Waals surface area contributed by atoms with Crippen LogP contribution in [0.5, 0.6) is 5.75 Å². The number of carboxylic acids is 1. The molecule has 1 fully saturated rings. The van der Waals surface area contributed by atoms with Crippen LogP contribution in [0.4, 0.5) is 0 Å². The van der Waals surface area contributed by atoms with E-state index in [1.807, 2.05) is 30.3 Å². The maximum Gasteiger partial charge on any atom is 0.322 e. The van der Waals surface area contributed by atoms with E-state index in [9.17, 15) is 23.1 Å². The molecule has 28 heavy (non-hydrogen) atoms. The lowest BCUT2D eigenvalue weighted by Gasteiger charge is -2.38. The van der Waals surface area contributed by atoms with Crippen LogP contribution in [0.15, 0.2) is 59.5 Å². The molecule has 1 N–H and O–H groups in total. The van der Waals surface area contributed by atoms with E-state index in [2.05, 4.69) is 0 Å². The molecule has 0 unspecified atom stereocenters. The highest BCUT2D eigenvalue weighted by atomic mass is 32.2. The van der Waals surface area contributed by atoms with Crippen molar-refractivity contribution in [3.8, 4) is 5.75 Å². The fraction of sp³-hybridized carbons (Fsp3) is 0.263. The number of carbonyl (C=O) groups excluding carboxylic acids is 1. The molecule has 1 amide bonds. The van der Waals surface area contributed by atoms with Crippen LogP contribution in [0.2, 0.25) is 0 Å². The van der Waals surface area contributed by atoms with Gasteiger partial charge in [0.05, 0.1) is 25.1 Å². The van der Waals surface area contributed by atoms with E-state index in [1.165, 1.54) is 36.3 Å². The number of hydrogen-bond donors (Lipinski definition) is 1. The summed E-state index contributed by atoms with van der Waals surface area (Å²) in [5, 5.41) is 9.50. The van der Waals surface area contributed by atoms with Gasteiger partial charge in [-0.05, 0) is 29.8 Å². The first kappa shape index (κ1) is 19.8. The van der Waals surface area contributed by atoms with Crippen molar-refractivity contribution in [2.45, 2.75) is 23.9 Å². The zero-order valence-corrected chi connectivity index (χ0v) is 16.0. The number of ether oxygens (including phenoxy) is 1. The van der Waals surface area contributed by atoms with Gasteiger partial charge in [-0.3, -0.25) is 9.59 Å². The van der Waals surface area contributed by atoms with Gasteiger partial charge >= 0.3 is 5.97 Å². The highest BCUT2D eigenvalue weighted by Crippen LogP contribution is 2.26. The molecular weight excluding hydrogens is 384 g/mol. The van der Waals surface area contributed by atoms with Crippen molar-refractivity contribution in [2.24, 2.45) is 0 Å².